The molecular formula is C10H12Br. The van der Waals surface area contributed by atoms with Crippen LogP contribution in [0, 0.1) is 6.92 Å². The fourth-order valence-corrected chi connectivity index (χ4v) is 2.09. The molecule has 0 aromatic heterocycles. The van der Waals surface area contributed by atoms with Gasteiger partial charge in [-0.25, -0.2) is 0 Å². The molecule has 0 aliphatic carbocycles. The Morgan fingerprint density at radius 1 is 1.36 bits per heavy atom. The summed E-state index contributed by atoms with van der Waals surface area (Å²) in [5, 5.41) is 0. The molecule has 0 unspecified atom stereocenters. The number of benzene rings is 1. The fourth-order valence-electron chi connectivity index (χ4n) is 1.23. The minimum absolute atomic E-state index is 0.540. The summed E-state index contributed by atoms with van der Waals surface area (Å²) in [5.74, 6) is 0.540. The second-order valence-corrected chi connectivity index (χ2v) is 3.82. The molecule has 11 heavy (non-hydrogen) atoms. The summed E-state index contributed by atoms with van der Waals surface area (Å²) >= 11 is 3.51. The van der Waals surface area contributed by atoms with E-state index in [0.717, 1.165) is 5.56 Å². The second-order valence-electron chi connectivity index (χ2n) is 2.97. The topological polar surface area (TPSA) is 0 Å². The number of rotatable bonds is 1. The first-order valence-corrected chi connectivity index (χ1v) is 4.52. The van der Waals surface area contributed by atoms with Crippen LogP contribution < -0.4 is 0 Å². The van der Waals surface area contributed by atoms with Gasteiger partial charge in [0.15, 0.2) is 0 Å². The van der Waals surface area contributed by atoms with Crippen molar-refractivity contribution in [3.8, 4) is 0 Å². The maximum absolute atomic E-state index is 3.97. The van der Waals surface area contributed by atoms with Crippen LogP contribution in [0.4, 0.5) is 0 Å². The average Bonchev–Trinajstić information content (AvgIpc) is 1.85. The fraction of sp³-hybridized carbons (Fsp3) is 0.300. The molecule has 1 aromatic carbocycles. The number of hydrogen-bond donors (Lipinski definition) is 0. The molecule has 1 radical (unpaired) electrons. The molecule has 0 bridgehead atoms. The van der Waals surface area contributed by atoms with Gasteiger partial charge in [-0.05, 0) is 30.0 Å². The number of halogens is 1. The van der Waals surface area contributed by atoms with E-state index in [9.17, 15) is 0 Å². The van der Waals surface area contributed by atoms with Gasteiger partial charge >= 0.3 is 0 Å². The highest BCUT2D eigenvalue weighted by atomic mass is 79.9. The van der Waals surface area contributed by atoms with Crippen molar-refractivity contribution in [2.24, 2.45) is 0 Å². The standard InChI is InChI=1S/C10H12Br/c1-7(2)10-8(3)5-4-6-9(10)11/h4-7H,3H2,1-2H3. The Hall–Kier alpha value is -0.300. The number of hydrogen-bond acceptors (Lipinski definition) is 0. The van der Waals surface area contributed by atoms with Gasteiger partial charge in [0.05, 0.1) is 0 Å². The van der Waals surface area contributed by atoms with Crippen LogP contribution >= 0.6 is 15.9 Å². The van der Waals surface area contributed by atoms with Gasteiger partial charge in [-0.15, -0.1) is 0 Å². The Balaban J connectivity index is 3.21. The third-order valence-electron chi connectivity index (χ3n) is 1.72. The first-order chi connectivity index (χ1) is 5.13. The molecule has 0 heterocycles. The van der Waals surface area contributed by atoms with Crippen LogP contribution in [0.3, 0.4) is 0 Å². The predicted molar refractivity (Wildman–Crippen MR) is 52.7 cm³/mol. The van der Waals surface area contributed by atoms with E-state index in [0.29, 0.717) is 5.92 Å². The van der Waals surface area contributed by atoms with E-state index >= 15 is 0 Å². The largest absolute Gasteiger partial charge is 0.0609 e. The SMILES string of the molecule is [CH2]c1cccc(Br)c1C(C)C. The van der Waals surface area contributed by atoms with Crippen molar-refractivity contribution in [1.29, 1.82) is 0 Å². The maximum atomic E-state index is 3.97. The lowest BCUT2D eigenvalue weighted by Crippen LogP contribution is -1.92. The molecule has 0 aliphatic heterocycles. The predicted octanol–water partition coefficient (Wildman–Crippen LogP) is 3.75. The van der Waals surface area contributed by atoms with Crippen LogP contribution in [0.25, 0.3) is 0 Å². The zero-order valence-electron chi connectivity index (χ0n) is 6.89. The Morgan fingerprint density at radius 3 is 2.36 bits per heavy atom. The molecule has 0 N–H and O–H groups in total. The van der Waals surface area contributed by atoms with Gasteiger partial charge in [-0.1, -0.05) is 41.9 Å². The van der Waals surface area contributed by atoms with E-state index in [1.165, 1.54) is 10.0 Å². The highest BCUT2D eigenvalue weighted by Gasteiger charge is 2.05. The zero-order chi connectivity index (χ0) is 8.43. The van der Waals surface area contributed by atoms with Crippen LogP contribution in [0.2, 0.25) is 0 Å². The molecule has 0 amide bonds. The van der Waals surface area contributed by atoms with Crippen LogP contribution in [0.1, 0.15) is 30.9 Å². The normalized spacial score (nSPS) is 10.6. The smallest absolute Gasteiger partial charge is 0.0212 e. The third kappa shape index (κ3) is 1.84. The highest BCUT2D eigenvalue weighted by molar-refractivity contribution is 9.10. The minimum atomic E-state index is 0.540. The Kier molecular flexibility index (Phi) is 2.72. The van der Waals surface area contributed by atoms with Crippen molar-refractivity contribution in [3.05, 3.63) is 40.7 Å². The zero-order valence-corrected chi connectivity index (χ0v) is 8.48. The van der Waals surface area contributed by atoms with Gasteiger partial charge in [-0.2, -0.15) is 0 Å². The molecule has 0 saturated heterocycles. The first kappa shape index (κ1) is 8.79. The molecule has 59 valence electrons. The summed E-state index contributed by atoms with van der Waals surface area (Å²) in [7, 11) is 0. The summed E-state index contributed by atoms with van der Waals surface area (Å²) in [5.41, 5.74) is 2.43. The molecule has 1 aromatic rings. The summed E-state index contributed by atoms with van der Waals surface area (Å²) in [4.78, 5) is 0. The first-order valence-electron chi connectivity index (χ1n) is 3.73. The molecule has 0 aliphatic rings. The lowest BCUT2D eigenvalue weighted by molar-refractivity contribution is 0.856. The molecule has 1 heteroatoms. The van der Waals surface area contributed by atoms with E-state index in [1.54, 1.807) is 0 Å². The van der Waals surface area contributed by atoms with Crippen molar-refractivity contribution >= 4 is 15.9 Å². The molecule has 1 rings (SSSR count). The van der Waals surface area contributed by atoms with E-state index in [2.05, 4.69) is 42.8 Å². The van der Waals surface area contributed by atoms with Gasteiger partial charge in [0.2, 0.25) is 0 Å². The summed E-state index contributed by atoms with van der Waals surface area (Å²) in [6.07, 6.45) is 0. The quantitative estimate of drug-likeness (QED) is 0.664. The van der Waals surface area contributed by atoms with Crippen LogP contribution in [-0.2, 0) is 0 Å². The van der Waals surface area contributed by atoms with Crippen molar-refractivity contribution in [2.45, 2.75) is 19.8 Å². The van der Waals surface area contributed by atoms with Crippen molar-refractivity contribution in [2.75, 3.05) is 0 Å². The Morgan fingerprint density at radius 2 is 2.00 bits per heavy atom. The van der Waals surface area contributed by atoms with Crippen molar-refractivity contribution in [3.63, 3.8) is 0 Å². The highest BCUT2D eigenvalue weighted by Crippen LogP contribution is 2.27. The second kappa shape index (κ2) is 3.40. The Labute approximate surface area is 76.8 Å². The van der Waals surface area contributed by atoms with Crippen molar-refractivity contribution in [1.82, 2.24) is 0 Å². The van der Waals surface area contributed by atoms with E-state index in [-0.39, 0.29) is 0 Å². The van der Waals surface area contributed by atoms with Gasteiger partial charge in [-0.3, -0.25) is 0 Å². The maximum Gasteiger partial charge on any atom is 0.0212 e. The van der Waals surface area contributed by atoms with Gasteiger partial charge in [0.25, 0.3) is 0 Å². The molecule has 0 saturated carbocycles. The lowest BCUT2D eigenvalue weighted by Gasteiger charge is -2.10. The Bertz CT molecular complexity index is 231. The third-order valence-corrected chi connectivity index (χ3v) is 2.41. The minimum Gasteiger partial charge on any atom is -0.0609 e. The molecular weight excluding hydrogens is 200 g/mol. The van der Waals surface area contributed by atoms with Gasteiger partial charge < -0.3 is 0 Å². The molecule has 0 spiro atoms. The van der Waals surface area contributed by atoms with Crippen LogP contribution in [0.15, 0.2) is 22.7 Å². The molecule has 0 fully saturated rings. The lowest BCUT2D eigenvalue weighted by atomic mass is 9.98. The van der Waals surface area contributed by atoms with Gasteiger partial charge in [0, 0.05) is 4.47 Å². The van der Waals surface area contributed by atoms with E-state index in [4.69, 9.17) is 0 Å². The monoisotopic (exact) mass is 211 g/mol. The molecule has 0 atom stereocenters. The molecule has 0 nitrogen and oxygen atoms in total. The van der Waals surface area contributed by atoms with E-state index in [1.807, 2.05) is 12.1 Å². The van der Waals surface area contributed by atoms with E-state index < -0.39 is 0 Å². The average molecular weight is 212 g/mol. The van der Waals surface area contributed by atoms with Crippen molar-refractivity contribution < 1.29 is 0 Å². The summed E-state index contributed by atoms with van der Waals surface area (Å²) in [6, 6.07) is 6.11. The summed E-state index contributed by atoms with van der Waals surface area (Å²) < 4.78 is 1.17. The summed E-state index contributed by atoms with van der Waals surface area (Å²) in [6.45, 7) is 8.32. The van der Waals surface area contributed by atoms with Crippen LogP contribution in [-0.4, -0.2) is 0 Å². The van der Waals surface area contributed by atoms with Crippen LogP contribution in [0.5, 0.6) is 0 Å². The van der Waals surface area contributed by atoms with Gasteiger partial charge in [0.1, 0.15) is 0 Å².